The van der Waals surface area contributed by atoms with Crippen LogP contribution in [0, 0.1) is 11.3 Å². The maximum Gasteiger partial charge on any atom is 0.257 e. The zero-order chi connectivity index (χ0) is 23.1. The lowest BCUT2D eigenvalue weighted by molar-refractivity contribution is 0.0728. The molecule has 1 amide bonds. The molecule has 0 saturated carbocycles. The van der Waals surface area contributed by atoms with E-state index in [0.29, 0.717) is 37.6 Å². The maximum atomic E-state index is 13.5. The van der Waals surface area contributed by atoms with E-state index in [1.54, 1.807) is 17.0 Å². The lowest BCUT2D eigenvalue weighted by Gasteiger charge is -2.27. The van der Waals surface area contributed by atoms with Crippen molar-refractivity contribution in [2.45, 2.75) is 24.8 Å². The molecule has 9 heteroatoms. The standard InChI is InChI=1S/C23H27N3O5S/c1-3-10-25(17-19-6-4-18(16-24)5-7-19)23(27)21-15-20(8-9-22(21)30-2)32(28,29)26-11-13-31-14-12-26/h4-9,15H,3,10-14,17H2,1-2H3. The molecule has 1 saturated heterocycles. The number of carbonyl (C=O) groups is 1. The van der Waals surface area contributed by atoms with E-state index < -0.39 is 10.0 Å². The fourth-order valence-electron chi connectivity index (χ4n) is 3.55. The van der Waals surface area contributed by atoms with Gasteiger partial charge in [0.15, 0.2) is 0 Å². The smallest absolute Gasteiger partial charge is 0.257 e. The highest BCUT2D eigenvalue weighted by atomic mass is 32.2. The number of ether oxygens (including phenoxy) is 2. The summed E-state index contributed by atoms with van der Waals surface area (Å²) in [5.74, 6) is 0.00365. The average molecular weight is 458 g/mol. The molecule has 0 bridgehead atoms. The van der Waals surface area contributed by atoms with Gasteiger partial charge in [0.1, 0.15) is 5.75 Å². The Labute approximate surface area is 189 Å². The molecule has 1 heterocycles. The van der Waals surface area contributed by atoms with E-state index in [-0.39, 0.29) is 29.5 Å². The third kappa shape index (κ3) is 5.27. The zero-order valence-corrected chi connectivity index (χ0v) is 19.1. The van der Waals surface area contributed by atoms with Crippen molar-refractivity contribution in [2.24, 2.45) is 0 Å². The topological polar surface area (TPSA) is 99.9 Å². The fraction of sp³-hybridized carbons (Fsp3) is 0.391. The van der Waals surface area contributed by atoms with Gasteiger partial charge in [-0.3, -0.25) is 4.79 Å². The van der Waals surface area contributed by atoms with Crippen LogP contribution in [0.15, 0.2) is 47.4 Å². The number of amides is 1. The predicted molar refractivity (Wildman–Crippen MR) is 119 cm³/mol. The first-order chi connectivity index (χ1) is 15.4. The van der Waals surface area contributed by atoms with Gasteiger partial charge in [0.2, 0.25) is 10.0 Å². The average Bonchev–Trinajstić information content (AvgIpc) is 2.84. The molecule has 0 aromatic heterocycles. The third-order valence-electron chi connectivity index (χ3n) is 5.25. The number of morpholine rings is 1. The van der Waals surface area contributed by atoms with Crippen LogP contribution in [-0.4, -0.2) is 63.5 Å². The number of carbonyl (C=O) groups excluding carboxylic acids is 1. The summed E-state index contributed by atoms with van der Waals surface area (Å²) in [7, 11) is -2.30. The molecular weight excluding hydrogens is 430 g/mol. The van der Waals surface area contributed by atoms with Crippen LogP contribution in [-0.2, 0) is 21.3 Å². The van der Waals surface area contributed by atoms with Crippen molar-refractivity contribution in [1.82, 2.24) is 9.21 Å². The van der Waals surface area contributed by atoms with Gasteiger partial charge in [0, 0.05) is 26.2 Å². The zero-order valence-electron chi connectivity index (χ0n) is 18.3. The Bertz CT molecular complexity index is 1090. The van der Waals surface area contributed by atoms with Crippen molar-refractivity contribution in [3.8, 4) is 11.8 Å². The first-order valence-electron chi connectivity index (χ1n) is 10.4. The van der Waals surface area contributed by atoms with Gasteiger partial charge < -0.3 is 14.4 Å². The van der Waals surface area contributed by atoms with Crippen molar-refractivity contribution in [1.29, 1.82) is 5.26 Å². The lowest BCUT2D eigenvalue weighted by atomic mass is 10.1. The van der Waals surface area contributed by atoms with Crippen LogP contribution in [0.4, 0.5) is 0 Å². The second-order valence-electron chi connectivity index (χ2n) is 7.41. The van der Waals surface area contributed by atoms with Crippen LogP contribution in [0.3, 0.4) is 0 Å². The van der Waals surface area contributed by atoms with E-state index in [1.807, 2.05) is 19.1 Å². The Balaban J connectivity index is 1.92. The summed E-state index contributed by atoms with van der Waals surface area (Å²) in [6.07, 6.45) is 0.732. The molecule has 8 nitrogen and oxygen atoms in total. The Morgan fingerprint density at radius 3 is 2.47 bits per heavy atom. The second kappa shape index (κ2) is 10.6. The number of hydrogen-bond donors (Lipinski definition) is 0. The molecule has 0 radical (unpaired) electrons. The summed E-state index contributed by atoms with van der Waals surface area (Å²) in [5, 5.41) is 8.99. The third-order valence-corrected chi connectivity index (χ3v) is 7.14. The van der Waals surface area contributed by atoms with E-state index in [9.17, 15) is 13.2 Å². The van der Waals surface area contributed by atoms with Crippen LogP contribution in [0.1, 0.15) is 34.8 Å². The molecule has 1 fully saturated rings. The second-order valence-corrected chi connectivity index (χ2v) is 9.35. The molecule has 32 heavy (non-hydrogen) atoms. The van der Waals surface area contributed by atoms with Gasteiger partial charge in [0.25, 0.3) is 5.91 Å². The van der Waals surface area contributed by atoms with Gasteiger partial charge >= 0.3 is 0 Å². The summed E-state index contributed by atoms with van der Waals surface area (Å²) < 4.78 is 38.2. The molecule has 0 aliphatic carbocycles. The van der Waals surface area contributed by atoms with Crippen LogP contribution in [0.25, 0.3) is 0 Å². The summed E-state index contributed by atoms with van der Waals surface area (Å²) in [4.78, 5) is 15.2. The van der Waals surface area contributed by atoms with Crippen LogP contribution in [0.2, 0.25) is 0 Å². The van der Waals surface area contributed by atoms with Crippen LogP contribution in [0.5, 0.6) is 5.75 Å². The number of nitrogens with zero attached hydrogens (tertiary/aromatic N) is 3. The quantitative estimate of drug-likeness (QED) is 0.604. The summed E-state index contributed by atoms with van der Waals surface area (Å²) in [6.45, 7) is 4.03. The Morgan fingerprint density at radius 2 is 1.88 bits per heavy atom. The first-order valence-corrected chi connectivity index (χ1v) is 11.9. The van der Waals surface area contributed by atoms with Crippen molar-refractivity contribution in [2.75, 3.05) is 40.0 Å². The Morgan fingerprint density at radius 1 is 1.19 bits per heavy atom. The molecule has 2 aromatic rings. The molecule has 170 valence electrons. The monoisotopic (exact) mass is 457 g/mol. The van der Waals surface area contributed by atoms with E-state index in [4.69, 9.17) is 14.7 Å². The van der Waals surface area contributed by atoms with Crippen molar-refractivity contribution >= 4 is 15.9 Å². The molecule has 2 aromatic carbocycles. The van der Waals surface area contributed by atoms with E-state index >= 15 is 0 Å². The number of nitriles is 1. The van der Waals surface area contributed by atoms with Crippen LogP contribution >= 0.6 is 0 Å². The molecule has 0 atom stereocenters. The highest BCUT2D eigenvalue weighted by Gasteiger charge is 2.29. The SMILES string of the molecule is CCCN(Cc1ccc(C#N)cc1)C(=O)c1cc(S(=O)(=O)N2CCOCC2)ccc1OC. The number of sulfonamides is 1. The fourth-order valence-corrected chi connectivity index (χ4v) is 4.98. The van der Waals surface area contributed by atoms with E-state index in [1.165, 1.54) is 29.6 Å². The number of rotatable bonds is 8. The highest BCUT2D eigenvalue weighted by molar-refractivity contribution is 7.89. The van der Waals surface area contributed by atoms with Gasteiger partial charge in [0.05, 0.1) is 42.4 Å². The van der Waals surface area contributed by atoms with Crippen molar-refractivity contribution < 1.29 is 22.7 Å². The minimum absolute atomic E-state index is 0.0540. The predicted octanol–water partition coefficient (Wildman–Crippen LogP) is 2.64. The molecule has 0 N–H and O–H groups in total. The molecule has 3 rings (SSSR count). The number of hydrogen-bond acceptors (Lipinski definition) is 6. The Kier molecular flexibility index (Phi) is 7.85. The first kappa shape index (κ1) is 23.7. The lowest BCUT2D eigenvalue weighted by Crippen LogP contribution is -2.40. The van der Waals surface area contributed by atoms with Gasteiger partial charge in [-0.25, -0.2) is 8.42 Å². The maximum absolute atomic E-state index is 13.5. The van der Waals surface area contributed by atoms with Gasteiger partial charge in [-0.2, -0.15) is 9.57 Å². The minimum atomic E-state index is -3.75. The molecule has 1 aliphatic rings. The molecule has 1 aliphatic heterocycles. The molecule has 0 spiro atoms. The van der Waals surface area contributed by atoms with Crippen LogP contribution < -0.4 is 4.74 Å². The van der Waals surface area contributed by atoms with E-state index in [2.05, 4.69) is 6.07 Å². The normalized spacial score (nSPS) is 14.5. The minimum Gasteiger partial charge on any atom is -0.496 e. The summed E-state index contributed by atoms with van der Waals surface area (Å²) in [5.41, 5.74) is 1.62. The van der Waals surface area contributed by atoms with Crippen molar-refractivity contribution in [3.63, 3.8) is 0 Å². The molecular formula is C23H27N3O5S. The largest absolute Gasteiger partial charge is 0.496 e. The summed E-state index contributed by atoms with van der Waals surface area (Å²) in [6, 6.07) is 13.5. The molecule has 0 unspecified atom stereocenters. The number of methoxy groups -OCH3 is 1. The highest BCUT2D eigenvalue weighted by Crippen LogP contribution is 2.27. The Hall–Kier alpha value is -2.93. The number of benzene rings is 2. The van der Waals surface area contributed by atoms with Crippen molar-refractivity contribution in [3.05, 3.63) is 59.2 Å². The van der Waals surface area contributed by atoms with Gasteiger partial charge in [-0.1, -0.05) is 19.1 Å². The van der Waals surface area contributed by atoms with Gasteiger partial charge in [-0.15, -0.1) is 0 Å². The van der Waals surface area contributed by atoms with E-state index in [0.717, 1.165) is 12.0 Å². The summed E-state index contributed by atoms with van der Waals surface area (Å²) >= 11 is 0. The van der Waals surface area contributed by atoms with Gasteiger partial charge in [-0.05, 0) is 42.3 Å².